The normalized spacial score (nSPS) is 7.57. The van der Waals surface area contributed by atoms with Gasteiger partial charge in [0.25, 0.3) is 0 Å². The standard InChI is InChI=1S/CH3O.Ga.NO3/c1-2;;2-1(3)4/h1H3;;/q-1;+2;-1. The van der Waals surface area contributed by atoms with E-state index in [2.05, 4.69) is 7.16 Å². The second-order valence-electron chi connectivity index (χ2n) is 0.661. The summed E-state index contributed by atoms with van der Waals surface area (Å²) < 4.78 is 8.19. The van der Waals surface area contributed by atoms with Crippen LogP contribution in [-0.4, -0.2) is 30.3 Å². The zero-order valence-electron chi connectivity index (χ0n) is 3.66. The van der Waals surface area contributed by atoms with E-state index in [1.165, 1.54) is 7.11 Å². The summed E-state index contributed by atoms with van der Waals surface area (Å²) in [5.74, 6) is 0. The summed E-state index contributed by atoms with van der Waals surface area (Å²) in [6, 6.07) is 0. The van der Waals surface area contributed by atoms with Gasteiger partial charge < -0.3 is 0 Å². The van der Waals surface area contributed by atoms with Gasteiger partial charge in [-0.15, -0.1) is 0 Å². The molecule has 0 saturated heterocycles. The van der Waals surface area contributed by atoms with Crippen molar-refractivity contribution in [3.8, 4) is 0 Å². The van der Waals surface area contributed by atoms with E-state index >= 15 is 0 Å². The maximum absolute atomic E-state index is 9.30. The van der Waals surface area contributed by atoms with Crippen LogP contribution < -0.4 is 0 Å². The fourth-order valence-electron chi connectivity index (χ4n) is 0.0782. The third-order valence-corrected chi connectivity index (χ3v) is 1.17. The van der Waals surface area contributed by atoms with Gasteiger partial charge >= 0.3 is 47.6 Å². The van der Waals surface area contributed by atoms with Gasteiger partial charge in [0.1, 0.15) is 0 Å². The Bertz CT molecular complexity index is 64.7. The van der Waals surface area contributed by atoms with Crippen molar-refractivity contribution >= 4 is 18.1 Å². The molecule has 0 unspecified atom stereocenters. The van der Waals surface area contributed by atoms with Gasteiger partial charge in [-0.2, -0.15) is 0 Å². The van der Waals surface area contributed by atoms with Crippen LogP contribution in [0.1, 0.15) is 0 Å². The van der Waals surface area contributed by atoms with Crippen LogP contribution in [0.2, 0.25) is 0 Å². The van der Waals surface area contributed by atoms with Crippen molar-refractivity contribution in [2.24, 2.45) is 0 Å². The molecule has 39 valence electrons. The van der Waals surface area contributed by atoms with E-state index in [-0.39, 0.29) is 0 Å². The van der Waals surface area contributed by atoms with Crippen LogP contribution in [0.25, 0.3) is 0 Å². The molecule has 0 aromatic heterocycles. The molecule has 0 amide bonds. The Kier molecular flexibility index (Phi) is 3.85. The van der Waals surface area contributed by atoms with Crippen LogP contribution in [0, 0.1) is 10.1 Å². The molecule has 1 radical (unpaired) electrons. The van der Waals surface area contributed by atoms with Gasteiger partial charge in [0.05, 0.1) is 0 Å². The SMILES string of the molecule is C[O][Ga][O][N+](=O)[O-]. The molecular formula is CH3GaNO4. The number of rotatable bonds is 3. The molecule has 0 atom stereocenters. The molecule has 6 heteroatoms. The zero-order valence-corrected chi connectivity index (χ0v) is 6.08. The van der Waals surface area contributed by atoms with Crippen LogP contribution in [0.3, 0.4) is 0 Å². The topological polar surface area (TPSA) is 61.6 Å². The quantitative estimate of drug-likeness (QED) is 0.315. The second-order valence-corrected chi connectivity index (χ2v) is 2.50. The van der Waals surface area contributed by atoms with E-state index < -0.39 is 23.2 Å². The van der Waals surface area contributed by atoms with Crippen LogP contribution in [-0.2, 0) is 7.16 Å². The zero-order chi connectivity index (χ0) is 5.70. The van der Waals surface area contributed by atoms with Crippen molar-refractivity contribution in [3.63, 3.8) is 0 Å². The van der Waals surface area contributed by atoms with Crippen molar-refractivity contribution in [3.05, 3.63) is 10.1 Å². The monoisotopic (exact) mass is 162 g/mol. The second kappa shape index (κ2) is 3.97. The van der Waals surface area contributed by atoms with Gasteiger partial charge in [-0.05, 0) is 0 Å². The van der Waals surface area contributed by atoms with E-state index in [0.717, 1.165) is 0 Å². The Balaban J connectivity index is 2.82. The summed E-state index contributed by atoms with van der Waals surface area (Å²) >= 11 is -1.45. The number of hydrogen-bond acceptors (Lipinski definition) is 4. The minimum atomic E-state index is -1.45. The average molecular weight is 163 g/mol. The molecule has 0 saturated carbocycles. The van der Waals surface area contributed by atoms with Gasteiger partial charge in [-0.3, -0.25) is 0 Å². The molecule has 0 aromatic carbocycles. The van der Waals surface area contributed by atoms with Crippen molar-refractivity contribution in [2.75, 3.05) is 7.11 Å². The van der Waals surface area contributed by atoms with Crippen molar-refractivity contribution in [2.45, 2.75) is 0 Å². The van der Waals surface area contributed by atoms with E-state index in [9.17, 15) is 10.1 Å². The van der Waals surface area contributed by atoms with Crippen LogP contribution in [0.5, 0.6) is 0 Å². The van der Waals surface area contributed by atoms with Gasteiger partial charge in [-0.25, -0.2) is 0 Å². The predicted molar refractivity (Wildman–Crippen MR) is 20.8 cm³/mol. The maximum atomic E-state index is 9.30. The fourth-order valence-corrected chi connectivity index (χ4v) is 0.406. The Morgan fingerprint density at radius 3 is 2.57 bits per heavy atom. The molecule has 5 nitrogen and oxygen atoms in total. The first-order chi connectivity index (χ1) is 3.27. The van der Waals surface area contributed by atoms with Gasteiger partial charge in [0.15, 0.2) is 0 Å². The summed E-state index contributed by atoms with van der Waals surface area (Å²) in [6.07, 6.45) is 0. The molecule has 0 aliphatic carbocycles. The Labute approximate surface area is 48.3 Å². The molecule has 0 rings (SSSR count). The summed E-state index contributed by atoms with van der Waals surface area (Å²) in [7, 11) is 1.38. The molecule has 0 heterocycles. The molecule has 0 aliphatic heterocycles. The number of nitrogens with zero attached hydrogens (tertiary/aromatic N) is 1. The number of hydrogen-bond donors (Lipinski definition) is 0. The Morgan fingerprint density at radius 2 is 2.43 bits per heavy atom. The first kappa shape index (κ1) is 6.80. The van der Waals surface area contributed by atoms with Gasteiger partial charge in [0, 0.05) is 0 Å². The van der Waals surface area contributed by atoms with Crippen molar-refractivity contribution in [1.82, 2.24) is 0 Å². The molecule has 0 bridgehead atoms. The third kappa shape index (κ3) is 5.80. The minimum absolute atomic E-state index is 0.844. The van der Waals surface area contributed by atoms with Gasteiger partial charge in [0.2, 0.25) is 0 Å². The fraction of sp³-hybridized carbons (Fsp3) is 1.00. The molecule has 0 N–H and O–H groups in total. The van der Waals surface area contributed by atoms with Gasteiger partial charge in [-0.1, -0.05) is 0 Å². The van der Waals surface area contributed by atoms with Crippen LogP contribution in [0.15, 0.2) is 0 Å². The summed E-state index contributed by atoms with van der Waals surface area (Å²) in [5, 5.41) is 8.46. The molecule has 0 fully saturated rings. The predicted octanol–water partition coefficient (Wildman–Crippen LogP) is -0.625. The summed E-state index contributed by atoms with van der Waals surface area (Å²) in [5.41, 5.74) is 0. The van der Waals surface area contributed by atoms with E-state index in [1.807, 2.05) is 0 Å². The molecule has 0 aromatic rings. The third-order valence-electron chi connectivity index (χ3n) is 0.225. The van der Waals surface area contributed by atoms with Crippen LogP contribution in [0.4, 0.5) is 0 Å². The average Bonchev–Trinajstić information content (AvgIpc) is 1.61. The first-order valence-corrected chi connectivity index (χ1v) is 3.41. The molecule has 7 heavy (non-hydrogen) atoms. The molecular weight excluding hydrogens is 160 g/mol. The summed E-state index contributed by atoms with van der Waals surface area (Å²) in [4.78, 5) is 9.30. The van der Waals surface area contributed by atoms with Crippen molar-refractivity contribution in [1.29, 1.82) is 0 Å². The Hall–Kier alpha value is -0.204. The molecule has 0 aliphatic rings. The summed E-state index contributed by atoms with van der Waals surface area (Å²) in [6.45, 7) is 0. The Morgan fingerprint density at radius 1 is 1.86 bits per heavy atom. The van der Waals surface area contributed by atoms with E-state index in [4.69, 9.17) is 0 Å². The first-order valence-electron chi connectivity index (χ1n) is 1.43. The van der Waals surface area contributed by atoms with Crippen LogP contribution >= 0.6 is 0 Å². The molecule has 0 spiro atoms. The van der Waals surface area contributed by atoms with E-state index in [0.29, 0.717) is 0 Å². The van der Waals surface area contributed by atoms with Crippen molar-refractivity contribution < 1.29 is 12.2 Å². The van der Waals surface area contributed by atoms with E-state index in [1.54, 1.807) is 0 Å².